The number of carbonyl (C=O) groups excluding carboxylic acids is 1. The molecular weight excluding hydrogens is 327 g/mol. The zero-order valence-corrected chi connectivity index (χ0v) is 14.8. The number of likely N-dealkylation sites (tertiary alicyclic amines) is 1. The molecule has 0 spiro atoms. The summed E-state index contributed by atoms with van der Waals surface area (Å²) in [6.07, 6.45) is 6.04. The van der Waals surface area contributed by atoms with Gasteiger partial charge in [-0.05, 0) is 25.3 Å². The van der Waals surface area contributed by atoms with Crippen LogP contribution in [0.1, 0.15) is 24.4 Å². The van der Waals surface area contributed by atoms with E-state index in [2.05, 4.69) is 16.6 Å². The van der Waals surface area contributed by atoms with Gasteiger partial charge in [0, 0.05) is 32.9 Å². The average Bonchev–Trinajstić information content (AvgIpc) is 2.90. The number of halogens is 2. The molecule has 1 aromatic heterocycles. The summed E-state index contributed by atoms with van der Waals surface area (Å²) in [6, 6.07) is 0.306. The largest absolute Gasteiger partial charge is 0.383 e. The molecule has 1 atom stereocenters. The Kier molecular flexibility index (Phi) is 10.4. The molecule has 1 amide bonds. The molecule has 1 saturated heterocycles. The molecule has 1 aliphatic heterocycles. The Hall–Kier alpha value is -0.820. The molecule has 1 N–H and O–H groups in total. The van der Waals surface area contributed by atoms with Crippen molar-refractivity contribution in [3.8, 4) is 0 Å². The van der Waals surface area contributed by atoms with Gasteiger partial charge in [-0.25, -0.2) is 0 Å². The van der Waals surface area contributed by atoms with E-state index in [0.29, 0.717) is 25.7 Å². The van der Waals surface area contributed by atoms with E-state index in [-0.39, 0.29) is 30.7 Å². The third-order valence-corrected chi connectivity index (χ3v) is 3.61. The number of amides is 1. The number of rotatable bonds is 6. The van der Waals surface area contributed by atoms with Crippen molar-refractivity contribution in [2.45, 2.75) is 25.8 Å². The minimum Gasteiger partial charge on any atom is -0.383 e. The fourth-order valence-corrected chi connectivity index (χ4v) is 2.51. The van der Waals surface area contributed by atoms with Crippen LogP contribution in [0, 0.1) is 6.92 Å². The van der Waals surface area contributed by atoms with Gasteiger partial charge in [-0.3, -0.25) is 9.48 Å². The molecule has 0 radical (unpaired) electrons. The van der Waals surface area contributed by atoms with Crippen LogP contribution in [0.5, 0.6) is 0 Å². The maximum atomic E-state index is 12.1. The van der Waals surface area contributed by atoms with Crippen LogP contribution < -0.4 is 5.32 Å². The van der Waals surface area contributed by atoms with Gasteiger partial charge in [0.2, 0.25) is 5.91 Å². The predicted molar refractivity (Wildman–Crippen MR) is 91.1 cm³/mol. The first kappa shape index (κ1) is 21.2. The first-order chi connectivity index (χ1) is 9.70. The zero-order valence-electron chi connectivity index (χ0n) is 13.2. The van der Waals surface area contributed by atoms with Crippen molar-refractivity contribution < 1.29 is 9.53 Å². The lowest BCUT2D eigenvalue weighted by Gasteiger charge is -2.33. The van der Waals surface area contributed by atoms with E-state index in [4.69, 9.17) is 4.74 Å². The predicted octanol–water partition coefficient (Wildman–Crippen LogP) is 1.43. The normalized spacial score (nSPS) is 17.5. The highest BCUT2D eigenvalue weighted by Gasteiger charge is 2.24. The van der Waals surface area contributed by atoms with E-state index < -0.39 is 0 Å². The Morgan fingerprint density at radius 1 is 1.50 bits per heavy atom. The van der Waals surface area contributed by atoms with E-state index in [9.17, 15) is 4.79 Å². The van der Waals surface area contributed by atoms with E-state index in [1.165, 1.54) is 0 Å². The Labute approximate surface area is 144 Å². The van der Waals surface area contributed by atoms with E-state index in [0.717, 1.165) is 31.5 Å². The van der Waals surface area contributed by atoms with Gasteiger partial charge in [0.05, 0.1) is 25.4 Å². The van der Waals surface area contributed by atoms with Crippen LogP contribution in [0.15, 0.2) is 12.4 Å². The van der Waals surface area contributed by atoms with Gasteiger partial charge in [-0.1, -0.05) is 0 Å². The van der Waals surface area contributed by atoms with Gasteiger partial charge in [-0.15, -0.1) is 24.8 Å². The van der Waals surface area contributed by atoms with Crippen molar-refractivity contribution in [3.05, 3.63) is 18.0 Å². The van der Waals surface area contributed by atoms with Crippen LogP contribution in [0.4, 0.5) is 0 Å². The molecule has 6 nitrogen and oxygen atoms in total. The molecule has 2 rings (SSSR count). The molecule has 0 bridgehead atoms. The number of nitrogens with zero attached hydrogens (tertiary/aromatic N) is 3. The monoisotopic (exact) mass is 352 g/mol. The molecule has 1 aliphatic rings. The molecule has 8 heteroatoms. The number of methoxy groups -OCH3 is 1. The molecule has 1 fully saturated rings. The fraction of sp³-hybridized carbons (Fsp3) is 0.714. The maximum absolute atomic E-state index is 12.1. The minimum atomic E-state index is 0. The lowest BCUT2D eigenvalue weighted by Crippen LogP contribution is -2.45. The molecule has 1 aromatic rings. The number of hydrogen-bond acceptors (Lipinski definition) is 4. The van der Waals surface area contributed by atoms with Crippen molar-refractivity contribution in [2.75, 3.05) is 39.9 Å². The standard InChI is InChI=1S/C14H24N4O2.2ClH/c1-12-8-16-18(10-12)13-4-3-6-17(11-13)14(19)9-15-5-7-20-2;;/h8,10,13,15H,3-7,9,11H2,1-2H3;2*1H. The Bertz CT molecular complexity index is 442. The van der Waals surface area contributed by atoms with Crippen LogP contribution in [0.3, 0.4) is 0 Å². The number of aryl methyl sites for hydroxylation is 1. The number of nitrogens with one attached hydrogen (secondary N) is 1. The third kappa shape index (κ3) is 6.12. The summed E-state index contributed by atoms with van der Waals surface area (Å²) >= 11 is 0. The van der Waals surface area contributed by atoms with Gasteiger partial charge in [-0.2, -0.15) is 5.10 Å². The highest BCUT2D eigenvalue weighted by molar-refractivity contribution is 5.85. The molecular formula is C14H26Cl2N4O2. The SMILES string of the molecule is COCCNCC(=O)N1CCCC(n2cc(C)cn2)C1.Cl.Cl. The summed E-state index contributed by atoms with van der Waals surface area (Å²) in [5.41, 5.74) is 1.16. The van der Waals surface area contributed by atoms with E-state index in [1.807, 2.05) is 22.7 Å². The van der Waals surface area contributed by atoms with Crippen LogP contribution >= 0.6 is 24.8 Å². The molecule has 1 unspecified atom stereocenters. The van der Waals surface area contributed by atoms with Crippen molar-refractivity contribution >= 4 is 30.7 Å². The summed E-state index contributed by atoms with van der Waals surface area (Å²) in [6.45, 7) is 5.36. The van der Waals surface area contributed by atoms with Gasteiger partial charge >= 0.3 is 0 Å². The van der Waals surface area contributed by atoms with Crippen molar-refractivity contribution in [1.82, 2.24) is 20.0 Å². The highest BCUT2D eigenvalue weighted by Crippen LogP contribution is 2.21. The number of aromatic nitrogens is 2. The molecule has 2 heterocycles. The molecule has 128 valence electrons. The summed E-state index contributed by atoms with van der Waals surface area (Å²) in [5.74, 6) is 0.162. The highest BCUT2D eigenvalue weighted by atomic mass is 35.5. The zero-order chi connectivity index (χ0) is 14.4. The summed E-state index contributed by atoms with van der Waals surface area (Å²) in [7, 11) is 1.66. The topological polar surface area (TPSA) is 59.4 Å². The van der Waals surface area contributed by atoms with Gasteiger partial charge in [0.25, 0.3) is 0 Å². The first-order valence-corrected chi connectivity index (χ1v) is 7.19. The molecule has 0 saturated carbocycles. The van der Waals surface area contributed by atoms with Gasteiger partial charge in [0.15, 0.2) is 0 Å². The Balaban J connectivity index is 0.00000220. The second-order valence-corrected chi connectivity index (χ2v) is 5.30. The van der Waals surface area contributed by atoms with E-state index in [1.54, 1.807) is 7.11 Å². The lowest BCUT2D eigenvalue weighted by molar-refractivity contribution is -0.131. The van der Waals surface area contributed by atoms with E-state index >= 15 is 0 Å². The number of carbonyl (C=O) groups is 1. The summed E-state index contributed by atoms with van der Waals surface area (Å²) < 4.78 is 6.94. The van der Waals surface area contributed by atoms with Crippen LogP contribution in [0.25, 0.3) is 0 Å². The summed E-state index contributed by atoms with van der Waals surface area (Å²) in [4.78, 5) is 14.1. The van der Waals surface area contributed by atoms with Gasteiger partial charge < -0.3 is 15.0 Å². The molecule has 0 aromatic carbocycles. The smallest absolute Gasteiger partial charge is 0.236 e. The van der Waals surface area contributed by atoms with Crippen LogP contribution in [0.2, 0.25) is 0 Å². The first-order valence-electron chi connectivity index (χ1n) is 7.19. The maximum Gasteiger partial charge on any atom is 0.236 e. The Morgan fingerprint density at radius 2 is 2.27 bits per heavy atom. The third-order valence-electron chi connectivity index (χ3n) is 3.61. The van der Waals surface area contributed by atoms with Crippen molar-refractivity contribution in [2.24, 2.45) is 0 Å². The van der Waals surface area contributed by atoms with Crippen molar-refractivity contribution in [3.63, 3.8) is 0 Å². The minimum absolute atomic E-state index is 0. The van der Waals surface area contributed by atoms with Crippen LogP contribution in [-0.4, -0.2) is 60.5 Å². The Morgan fingerprint density at radius 3 is 2.91 bits per heavy atom. The molecule has 0 aliphatic carbocycles. The lowest BCUT2D eigenvalue weighted by atomic mass is 10.1. The van der Waals surface area contributed by atoms with Crippen molar-refractivity contribution in [1.29, 1.82) is 0 Å². The van der Waals surface area contributed by atoms with Crippen LogP contribution in [-0.2, 0) is 9.53 Å². The number of ether oxygens (including phenoxy) is 1. The molecule has 22 heavy (non-hydrogen) atoms. The number of piperidine rings is 1. The average molecular weight is 353 g/mol. The van der Waals surface area contributed by atoms with Gasteiger partial charge in [0.1, 0.15) is 0 Å². The second kappa shape index (κ2) is 10.8. The number of hydrogen-bond donors (Lipinski definition) is 1. The fourth-order valence-electron chi connectivity index (χ4n) is 2.51. The quantitative estimate of drug-likeness (QED) is 0.787. The summed E-state index contributed by atoms with van der Waals surface area (Å²) in [5, 5.41) is 7.47. The second-order valence-electron chi connectivity index (χ2n) is 5.30.